The van der Waals surface area contributed by atoms with E-state index in [2.05, 4.69) is 27.8 Å². The Hall–Kier alpha value is -3.17. The second-order valence-corrected chi connectivity index (χ2v) is 5.98. The fourth-order valence-electron chi connectivity index (χ4n) is 2.42. The first-order valence-corrected chi connectivity index (χ1v) is 8.44. The highest BCUT2D eigenvalue weighted by molar-refractivity contribution is 6.30. The van der Waals surface area contributed by atoms with Gasteiger partial charge in [-0.15, -0.1) is 0 Å². The second-order valence-electron chi connectivity index (χ2n) is 5.55. The number of rotatable bonds is 3. The fourth-order valence-corrected chi connectivity index (χ4v) is 2.55. The molecule has 2 aromatic rings. The lowest BCUT2D eigenvalue weighted by Gasteiger charge is -2.13. The Bertz CT molecular complexity index is 854. The number of anilines is 2. The monoisotopic (exact) mass is 368 g/mol. The van der Waals surface area contributed by atoms with Crippen LogP contribution in [0.1, 0.15) is 5.56 Å². The zero-order valence-corrected chi connectivity index (χ0v) is 14.6. The molecule has 0 saturated carbocycles. The van der Waals surface area contributed by atoms with Crippen molar-refractivity contribution in [2.24, 2.45) is 0 Å². The predicted molar refractivity (Wildman–Crippen MR) is 103 cm³/mol. The number of amides is 4. The molecule has 1 aliphatic heterocycles. The van der Waals surface area contributed by atoms with E-state index >= 15 is 0 Å². The number of benzene rings is 2. The van der Waals surface area contributed by atoms with Gasteiger partial charge in [0.2, 0.25) is 0 Å². The minimum absolute atomic E-state index is 0.0836. The van der Waals surface area contributed by atoms with E-state index in [1.807, 2.05) is 24.3 Å². The summed E-state index contributed by atoms with van der Waals surface area (Å²) in [4.78, 5) is 25.1. The summed E-state index contributed by atoms with van der Waals surface area (Å²) < 4.78 is 0. The average molecular weight is 369 g/mol. The standard InChI is InChI=1S/C19H17ClN4O2/c20-15-5-7-16(8-6-15)23-18(25)21-11-1-2-14-3-9-17(10-4-14)24-13-12-22-19(24)26/h3-10H,11-13H2,(H,22,26)(H2,21,23,25). The van der Waals surface area contributed by atoms with E-state index in [1.165, 1.54) is 0 Å². The highest BCUT2D eigenvalue weighted by Crippen LogP contribution is 2.16. The van der Waals surface area contributed by atoms with Gasteiger partial charge in [-0.25, -0.2) is 9.59 Å². The zero-order chi connectivity index (χ0) is 18.4. The second kappa shape index (κ2) is 8.28. The third kappa shape index (κ3) is 4.68. The molecule has 0 aromatic heterocycles. The molecule has 0 radical (unpaired) electrons. The van der Waals surface area contributed by atoms with Gasteiger partial charge in [0.25, 0.3) is 0 Å². The molecule has 7 heteroatoms. The number of hydrogen-bond acceptors (Lipinski definition) is 2. The number of carbonyl (C=O) groups excluding carboxylic acids is 2. The molecule has 0 atom stereocenters. The van der Waals surface area contributed by atoms with Gasteiger partial charge in [0, 0.05) is 35.1 Å². The first-order chi connectivity index (χ1) is 12.6. The van der Waals surface area contributed by atoms with Gasteiger partial charge in [-0.3, -0.25) is 4.90 Å². The normalized spacial score (nSPS) is 12.8. The average Bonchev–Trinajstić information content (AvgIpc) is 3.07. The third-order valence-electron chi connectivity index (χ3n) is 3.71. The summed E-state index contributed by atoms with van der Waals surface area (Å²) in [6.45, 7) is 1.54. The molecule has 4 amide bonds. The summed E-state index contributed by atoms with van der Waals surface area (Å²) >= 11 is 5.79. The first-order valence-electron chi connectivity index (χ1n) is 8.06. The number of hydrogen-bond donors (Lipinski definition) is 3. The van der Waals surface area contributed by atoms with Crippen LogP contribution in [0.4, 0.5) is 21.0 Å². The molecule has 1 aliphatic rings. The maximum Gasteiger partial charge on any atom is 0.321 e. The van der Waals surface area contributed by atoms with Crippen LogP contribution >= 0.6 is 11.6 Å². The van der Waals surface area contributed by atoms with Crippen molar-refractivity contribution in [3.05, 3.63) is 59.1 Å². The molecule has 3 rings (SSSR count). The van der Waals surface area contributed by atoms with Gasteiger partial charge in [0.1, 0.15) is 0 Å². The highest BCUT2D eigenvalue weighted by Gasteiger charge is 2.20. The van der Waals surface area contributed by atoms with Crippen molar-refractivity contribution in [2.75, 3.05) is 29.9 Å². The van der Waals surface area contributed by atoms with Crippen LogP contribution in [0, 0.1) is 11.8 Å². The number of halogens is 1. The lowest BCUT2D eigenvalue weighted by molar-refractivity contribution is 0.251. The summed E-state index contributed by atoms with van der Waals surface area (Å²) in [5.74, 6) is 5.86. The lowest BCUT2D eigenvalue weighted by Crippen LogP contribution is -2.28. The van der Waals surface area contributed by atoms with Gasteiger partial charge >= 0.3 is 12.1 Å². The Balaban J connectivity index is 1.48. The van der Waals surface area contributed by atoms with Gasteiger partial charge < -0.3 is 16.0 Å². The SMILES string of the molecule is O=C(NCC#Cc1ccc(N2CCNC2=O)cc1)Nc1ccc(Cl)cc1. The Morgan fingerprint density at radius 3 is 2.54 bits per heavy atom. The Kier molecular flexibility index (Phi) is 5.62. The summed E-state index contributed by atoms with van der Waals surface area (Å²) in [5, 5.41) is 8.72. The van der Waals surface area contributed by atoms with E-state index in [-0.39, 0.29) is 18.6 Å². The van der Waals surface area contributed by atoms with Crippen LogP contribution < -0.4 is 20.9 Å². The summed E-state index contributed by atoms with van der Waals surface area (Å²) in [5.41, 5.74) is 2.31. The topological polar surface area (TPSA) is 73.5 Å². The van der Waals surface area contributed by atoms with Crippen LogP contribution in [0.25, 0.3) is 0 Å². The van der Waals surface area contributed by atoms with Crippen LogP contribution in [-0.4, -0.2) is 31.7 Å². The number of urea groups is 2. The van der Waals surface area contributed by atoms with Crippen LogP contribution in [0.5, 0.6) is 0 Å². The van der Waals surface area contributed by atoms with Gasteiger partial charge in [0.15, 0.2) is 0 Å². The maximum absolute atomic E-state index is 11.8. The third-order valence-corrected chi connectivity index (χ3v) is 3.96. The maximum atomic E-state index is 11.8. The van der Waals surface area contributed by atoms with Gasteiger partial charge in [-0.2, -0.15) is 0 Å². The van der Waals surface area contributed by atoms with Crippen molar-refractivity contribution in [1.82, 2.24) is 10.6 Å². The molecule has 132 valence electrons. The van der Waals surface area contributed by atoms with Crippen molar-refractivity contribution >= 4 is 35.0 Å². The van der Waals surface area contributed by atoms with E-state index in [4.69, 9.17) is 11.6 Å². The smallest absolute Gasteiger partial charge is 0.321 e. The number of nitrogens with one attached hydrogen (secondary N) is 3. The zero-order valence-electron chi connectivity index (χ0n) is 13.9. The minimum Gasteiger partial charge on any atom is -0.336 e. The Morgan fingerprint density at radius 2 is 1.88 bits per heavy atom. The van der Waals surface area contributed by atoms with E-state index in [0.29, 0.717) is 23.8 Å². The minimum atomic E-state index is -0.336. The number of nitrogens with zero attached hydrogens (tertiary/aromatic N) is 1. The molecular formula is C19H17ClN4O2. The predicted octanol–water partition coefficient (Wildman–Crippen LogP) is 3.04. The summed E-state index contributed by atoms with van der Waals surface area (Å²) in [6.07, 6.45) is 0. The molecule has 3 N–H and O–H groups in total. The van der Waals surface area contributed by atoms with Crippen LogP contribution in [-0.2, 0) is 0 Å². The molecule has 26 heavy (non-hydrogen) atoms. The molecule has 6 nitrogen and oxygen atoms in total. The van der Waals surface area contributed by atoms with Gasteiger partial charge in [0.05, 0.1) is 6.54 Å². The summed E-state index contributed by atoms with van der Waals surface area (Å²) in [7, 11) is 0. The van der Waals surface area contributed by atoms with Crippen molar-refractivity contribution < 1.29 is 9.59 Å². The van der Waals surface area contributed by atoms with E-state index in [9.17, 15) is 9.59 Å². The highest BCUT2D eigenvalue weighted by atomic mass is 35.5. The van der Waals surface area contributed by atoms with Crippen molar-refractivity contribution in [3.8, 4) is 11.8 Å². The van der Waals surface area contributed by atoms with Crippen LogP contribution in [0.2, 0.25) is 5.02 Å². The van der Waals surface area contributed by atoms with Crippen molar-refractivity contribution in [3.63, 3.8) is 0 Å². The van der Waals surface area contributed by atoms with Crippen molar-refractivity contribution in [2.45, 2.75) is 0 Å². The molecule has 0 aliphatic carbocycles. The molecule has 1 heterocycles. The Labute approximate surface area is 156 Å². The van der Waals surface area contributed by atoms with Gasteiger partial charge in [-0.1, -0.05) is 23.4 Å². The first kappa shape index (κ1) is 17.6. The van der Waals surface area contributed by atoms with E-state index in [0.717, 1.165) is 11.3 Å². The van der Waals surface area contributed by atoms with E-state index < -0.39 is 0 Å². The van der Waals surface area contributed by atoms with Crippen molar-refractivity contribution in [1.29, 1.82) is 0 Å². The molecule has 0 bridgehead atoms. The van der Waals surface area contributed by atoms with Crippen LogP contribution in [0.3, 0.4) is 0 Å². The quantitative estimate of drug-likeness (QED) is 0.728. The molecule has 2 aromatic carbocycles. The fraction of sp³-hybridized carbons (Fsp3) is 0.158. The largest absolute Gasteiger partial charge is 0.336 e. The molecule has 0 unspecified atom stereocenters. The van der Waals surface area contributed by atoms with E-state index in [1.54, 1.807) is 29.2 Å². The molecule has 0 spiro atoms. The summed E-state index contributed by atoms with van der Waals surface area (Å²) in [6, 6.07) is 13.8. The lowest BCUT2D eigenvalue weighted by atomic mass is 10.2. The van der Waals surface area contributed by atoms with Crippen LogP contribution in [0.15, 0.2) is 48.5 Å². The molecule has 1 fully saturated rings. The number of carbonyl (C=O) groups is 2. The molecular weight excluding hydrogens is 352 g/mol. The Morgan fingerprint density at radius 1 is 1.15 bits per heavy atom. The van der Waals surface area contributed by atoms with Gasteiger partial charge in [-0.05, 0) is 48.5 Å². The molecule has 1 saturated heterocycles.